The van der Waals surface area contributed by atoms with Crippen molar-refractivity contribution in [3.63, 3.8) is 0 Å². The van der Waals surface area contributed by atoms with Gasteiger partial charge in [0.05, 0.1) is 0 Å². The lowest BCUT2D eigenvalue weighted by Gasteiger charge is -2.18. The van der Waals surface area contributed by atoms with Crippen LogP contribution in [0.25, 0.3) is 33.7 Å². The molecule has 0 amide bonds. The highest BCUT2D eigenvalue weighted by molar-refractivity contribution is 5.80. The monoisotopic (exact) mass is 327 g/mol. The molecule has 0 aliphatic heterocycles. The summed E-state index contributed by atoms with van der Waals surface area (Å²) in [5.74, 6) is 0.673. The molecule has 0 fully saturated rings. The second-order valence-electron chi connectivity index (χ2n) is 7.37. The van der Waals surface area contributed by atoms with Crippen LogP contribution in [0.5, 0.6) is 0 Å². The summed E-state index contributed by atoms with van der Waals surface area (Å²) in [6.45, 7) is 6.58. The first kappa shape index (κ1) is 15.6. The van der Waals surface area contributed by atoms with Crippen LogP contribution < -0.4 is 0 Å². The van der Waals surface area contributed by atoms with Crippen LogP contribution in [0, 0.1) is 0 Å². The number of oxazole rings is 1. The van der Waals surface area contributed by atoms with Crippen molar-refractivity contribution in [1.82, 2.24) is 4.98 Å². The Morgan fingerprint density at radius 2 is 1.32 bits per heavy atom. The first-order valence-electron chi connectivity index (χ1n) is 8.58. The van der Waals surface area contributed by atoms with Crippen molar-refractivity contribution < 1.29 is 4.42 Å². The summed E-state index contributed by atoms with van der Waals surface area (Å²) < 4.78 is 6.15. The number of rotatable bonds is 2. The molecule has 4 aromatic rings. The third kappa shape index (κ3) is 2.96. The van der Waals surface area contributed by atoms with Crippen LogP contribution in [-0.4, -0.2) is 4.98 Å². The zero-order chi connectivity index (χ0) is 17.4. The number of nitrogens with zero attached hydrogens (tertiary/aromatic N) is 1. The van der Waals surface area contributed by atoms with Gasteiger partial charge in [-0.3, -0.25) is 0 Å². The smallest absolute Gasteiger partial charge is 0.227 e. The van der Waals surface area contributed by atoms with E-state index in [1.54, 1.807) is 0 Å². The molecule has 0 bridgehead atoms. The molecule has 2 heteroatoms. The molecule has 2 nitrogen and oxygen atoms in total. The summed E-state index contributed by atoms with van der Waals surface area (Å²) in [4.78, 5) is 4.69. The van der Waals surface area contributed by atoms with Crippen molar-refractivity contribution in [2.24, 2.45) is 0 Å². The van der Waals surface area contributed by atoms with Crippen LogP contribution in [0.15, 0.2) is 77.2 Å². The number of hydrogen-bond acceptors (Lipinski definition) is 2. The van der Waals surface area contributed by atoms with E-state index in [-0.39, 0.29) is 5.41 Å². The van der Waals surface area contributed by atoms with Gasteiger partial charge in [0, 0.05) is 11.1 Å². The molecule has 0 unspecified atom stereocenters. The van der Waals surface area contributed by atoms with Gasteiger partial charge < -0.3 is 4.42 Å². The lowest BCUT2D eigenvalue weighted by atomic mass is 9.86. The fourth-order valence-electron chi connectivity index (χ4n) is 3.10. The van der Waals surface area contributed by atoms with E-state index in [2.05, 4.69) is 75.4 Å². The SMILES string of the molecule is CC(C)(C)c1cccc2nc(-c3ccc(-c4ccccc4)cc3)oc12. The van der Waals surface area contributed by atoms with Crippen LogP contribution in [0.2, 0.25) is 0 Å². The number of hydrogen-bond donors (Lipinski definition) is 0. The molecular weight excluding hydrogens is 306 g/mol. The zero-order valence-electron chi connectivity index (χ0n) is 14.8. The molecule has 0 aliphatic rings. The van der Waals surface area contributed by atoms with Crippen molar-refractivity contribution >= 4 is 11.1 Å². The van der Waals surface area contributed by atoms with Gasteiger partial charge in [-0.1, -0.05) is 75.4 Å². The largest absolute Gasteiger partial charge is 0.436 e. The van der Waals surface area contributed by atoms with Crippen LogP contribution in [0.4, 0.5) is 0 Å². The predicted octanol–water partition coefficient (Wildman–Crippen LogP) is 6.46. The third-order valence-electron chi connectivity index (χ3n) is 4.46. The molecule has 1 aromatic heterocycles. The van der Waals surface area contributed by atoms with E-state index < -0.39 is 0 Å². The minimum Gasteiger partial charge on any atom is -0.436 e. The van der Waals surface area contributed by atoms with E-state index in [4.69, 9.17) is 9.40 Å². The average Bonchev–Trinajstić information content (AvgIpc) is 3.06. The topological polar surface area (TPSA) is 26.0 Å². The molecule has 3 aromatic carbocycles. The van der Waals surface area contributed by atoms with Crippen LogP contribution >= 0.6 is 0 Å². The van der Waals surface area contributed by atoms with Gasteiger partial charge in [0.2, 0.25) is 5.89 Å². The number of benzene rings is 3. The summed E-state index contributed by atoms with van der Waals surface area (Å²) in [6, 6.07) is 24.9. The predicted molar refractivity (Wildman–Crippen MR) is 104 cm³/mol. The van der Waals surface area contributed by atoms with Crippen molar-refractivity contribution in [3.8, 4) is 22.6 Å². The average molecular weight is 327 g/mol. The van der Waals surface area contributed by atoms with Gasteiger partial charge in [-0.2, -0.15) is 0 Å². The molecule has 0 aliphatic carbocycles. The van der Waals surface area contributed by atoms with Crippen LogP contribution in [-0.2, 0) is 5.41 Å². The molecule has 0 N–H and O–H groups in total. The Hall–Kier alpha value is -2.87. The molecule has 124 valence electrons. The summed E-state index contributed by atoms with van der Waals surface area (Å²) in [6.07, 6.45) is 0. The van der Waals surface area contributed by atoms with E-state index in [1.165, 1.54) is 16.7 Å². The van der Waals surface area contributed by atoms with E-state index in [0.717, 1.165) is 16.7 Å². The standard InChI is InChI=1S/C23H21NO/c1-23(2,3)19-10-7-11-20-21(19)25-22(24-20)18-14-12-17(13-15-18)16-8-5-4-6-9-16/h4-15H,1-3H3. The van der Waals surface area contributed by atoms with Gasteiger partial charge in [-0.15, -0.1) is 0 Å². The first-order chi connectivity index (χ1) is 12.0. The molecule has 0 saturated heterocycles. The minimum atomic E-state index is 0.0213. The molecule has 1 heterocycles. The normalized spacial score (nSPS) is 11.8. The summed E-state index contributed by atoms with van der Waals surface area (Å²) in [5.41, 5.74) is 6.40. The lowest BCUT2D eigenvalue weighted by Crippen LogP contribution is -2.10. The van der Waals surface area contributed by atoms with Crippen molar-refractivity contribution in [2.75, 3.05) is 0 Å². The van der Waals surface area contributed by atoms with Gasteiger partial charge in [-0.25, -0.2) is 4.98 Å². The summed E-state index contributed by atoms with van der Waals surface area (Å²) in [7, 11) is 0. The molecule has 0 saturated carbocycles. The third-order valence-corrected chi connectivity index (χ3v) is 4.46. The highest BCUT2D eigenvalue weighted by atomic mass is 16.3. The Bertz CT molecular complexity index is 1010. The summed E-state index contributed by atoms with van der Waals surface area (Å²) in [5, 5.41) is 0. The van der Waals surface area contributed by atoms with Gasteiger partial charge >= 0.3 is 0 Å². The molecular formula is C23H21NO. The van der Waals surface area contributed by atoms with Crippen molar-refractivity contribution in [3.05, 3.63) is 78.4 Å². The zero-order valence-corrected chi connectivity index (χ0v) is 14.8. The Kier molecular flexibility index (Phi) is 3.69. The number of fused-ring (bicyclic) bond motifs is 1. The Balaban J connectivity index is 1.75. The molecule has 4 rings (SSSR count). The van der Waals surface area contributed by atoms with Crippen LogP contribution in [0.3, 0.4) is 0 Å². The van der Waals surface area contributed by atoms with E-state index in [1.807, 2.05) is 18.2 Å². The van der Waals surface area contributed by atoms with E-state index in [9.17, 15) is 0 Å². The van der Waals surface area contributed by atoms with Gasteiger partial charge in [-0.05, 0) is 34.7 Å². The highest BCUT2D eigenvalue weighted by Crippen LogP contribution is 2.33. The minimum absolute atomic E-state index is 0.0213. The molecule has 0 atom stereocenters. The van der Waals surface area contributed by atoms with E-state index in [0.29, 0.717) is 5.89 Å². The maximum Gasteiger partial charge on any atom is 0.227 e. The molecule has 0 spiro atoms. The first-order valence-corrected chi connectivity index (χ1v) is 8.58. The molecule has 25 heavy (non-hydrogen) atoms. The molecule has 0 radical (unpaired) electrons. The fraction of sp³-hybridized carbons (Fsp3) is 0.174. The number of para-hydroxylation sites is 1. The fourth-order valence-corrected chi connectivity index (χ4v) is 3.10. The number of aromatic nitrogens is 1. The summed E-state index contributed by atoms with van der Waals surface area (Å²) >= 11 is 0. The van der Waals surface area contributed by atoms with E-state index >= 15 is 0 Å². The maximum atomic E-state index is 6.15. The Morgan fingerprint density at radius 1 is 0.680 bits per heavy atom. The second kappa shape index (κ2) is 5.89. The lowest BCUT2D eigenvalue weighted by molar-refractivity contribution is 0.561. The quantitative estimate of drug-likeness (QED) is 0.422. The van der Waals surface area contributed by atoms with Crippen molar-refractivity contribution in [2.45, 2.75) is 26.2 Å². The maximum absolute atomic E-state index is 6.15. The van der Waals surface area contributed by atoms with Crippen LogP contribution in [0.1, 0.15) is 26.3 Å². The Morgan fingerprint density at radius 3 is 2.00 bits per heavy atom. The Labute approximate surface area is 148 Å². The van der Waals surface area contributed by atoms with Gasteiger partial charge in [0.15, 0.2) is 5.58 Å². The van der Waals surface area contributed by atoms with Crippen molar-refractivity contribution in [1.29, 1.82) is 0 Å². The highest BCUT2D eigenvalue weighted by Gasteiger charge is 2.20. The van der Waals surface area contributed by atoms with Gasteiger partial charge in [0.25, 0.3) is 0 Å². The van der Waals surface area contributed by atoms with Gasteiger partial charge in [0.1, 0.15) is 5.52 Å². The second-order valence-corrected chi connectivity index (χ2v) is 7.37.